The van der Waals surface area contributed by atoms with Crippen LogP contribution >= 0.6 is 0 Å². The molecule has 4 aromatic carbocycles. The molecular formula is C36H42O3. The molecule has 0 aliphatic carbocycles. The number of methoxy groups -OCH3 is 2. The highest BCUT2D eigenvalue weighted by molar-refractivity contribution is 6.13. The molecule has 4 aromatic rings. The fraction of sp³-hybridized carbons (Fsp3) is 0.361. The smallest absolute Gasteiger partial charge is 0.193 e. The third kappa shape index (κ3) is 7.09. The third-order valence-corrected chi connectivity index (χ3v) is 7.79. The Kier molecular flexibility index (Phi) is 10.2. The molecule has 0 aliphatic rings. The van der Waals surface area contributed by atoms with Crippen molar-refractivity contribution >= 4 is 16.6 Å². The molecule has 0 N–H and O–H groups in total. The van der Waals surface area contributed by atoms with Gasteiger partial charge in [0.1, 0.15) is 11.5 Å². The lowest BCUT2D eigenvalue weighted by atomic mass is 9.89. The molecule has 0 aromatic heterocycles. The third-order valence-electron chi connectivity index (χ3n) is 7.79. The number of fused-ring (bicyclic) bond motifs is 1. The van der Waals surface area contributed by atoms with Gasteiger partial charge in [0.15, 0.2) is 5.78 Å². The van der Waals surface area contributed by atoms with Gasteiger partial charge in [0.2, 0.25) is 0 Å². The lowest BCUT2D eigenvalue weighted by Gasteiger charge is -2.15. The number of hydrogen-bond donors (Lipinski definition) is 0. The van der Waals surface area contributed by atoms with Crippen molar-refractivity contribution in [1.82, 2.24) is 0 Å². The van der Waals surface area contributed by atoms with E-state index in [-0.39, 0.29) is 5.78 Å². The van der Waals surface area contributed by atoms with E-state index < -0.39 is 0 Å². The summed E-state index contributed by atoms with van der Waals surface area (Å²) in [6.45, 7) is 4.38. The van der Waals surface area contributed by atoms with Crippen LogP contribution in [-0.2, 0) is 6.42 Å². The van der Waals surface area contributed by atoms with Crippen molar-refractivity contribution < 1.29 is 14.3 Å². The van der Waals surface area contributed by atoms with Crippen molar-refractivity contribution in [1.29, 1.82) is 0 Å². The maximum absolute atomic E-state index is 13.8. The van der Waals surface area contributed by atoms with Crippen LogP contribution in [0.4, 0.5) is 0 Å². The minimum absolute atomic E-state index is 0.0109. The topological polar surface area (TPSA) is 35.5 Å². The van der Waals surface area contributed by atoms with Crippen LogP contribution in [0.1, 0.15) is 85.3 Å². The molecule has 39 heavy (non-hydrogen) atoms. The van der Waals surface area contributed by atoms with Crippen molar-refractivity contribution in [3.8, 4) is 22.6 Å². The largest absolute Gasteiger partial charge is 0.497 e. The van der Waals surface area contributed by atoms with Crippen molar-refractivity contribution in [2.75, 3.05) is 14.2 Å². The quantitative estimate of drug-likeness (QED) is 0.122. The molecule has 0 bridgehead atoms. The summed E-state index contributed by atoms with van der Waals surface area (Å²) in [6, 6.07) is 24.3. The van der Waals surface area contributed by atoms with Crippen molar-refractivity contribution in [3.05, 3.63) is 95.1 Å². The van der Waals surface area contributed by atoms with Gasteiger partial charge in [-0.15, -0.1) is 0 Å². The molecule has 0 aliphatic heterocycles. The summed E-state index contributed by atoms with van der Waals surface area (Å²) in [5, 5.41) is 2.26. The van der Waals surface area contributed by atoms with Gasteiger partial charge in [-0.05, 0) is 83.1 Å². The summed E-state index contributed by atoms with van der Waals surface area (Å²) in [4.78, 5) is 13.8. The highest BCUT2D eigenvalue weighted by atomic mass is 16.5. The minimum atomic E-state index is 0.0109. The van der Waals surface area contributed by atoms with Gasteiger partial charge < -0.3 is 9.47 Å². The van der Waals surface area contributed by atoms with E-state index in [1.54, 1.807) is 14.2 Å². The number of ether oxygens (including phenoxy) is 2. The van der Waals surface area contributed by atoms with Gasteiger partial charge >= 0.3 is 0 Å². The fourth-order valence-corrected chi connectivity index (χ4v) is 5.40. The average Bonchev–Trinajstić information content (AvgIpc) is 2.98. The Morgan fingerprint density at radius 2 is 1.28 bits per heavy atom. The van der Waals surface area contributed by atoms with E-state index in [2.05, 4.69) is 44.2 Å². The first kappa shape index (κ1) is 28.4. The standard InChI is InChI=1S/C36H42O3/c1-5-6-7-8-9-10-11-12-13-27-14-16-28(17-15-27)36(37)35-25-31(39-4)20-23-34(35)33-21-18-29-24-30(38-3)19-22-32(29)26(33)2/h14-25H,5-13H2,1-4H3. The summed E-state index contributed by atoms with van der Waals surface area (Å²) in [7, 11) is 3.32. The average molecular weight is 523 g/mol. The number of aryl methyl sites for hydroxylation is 2. The molecule has 0 saturated heterocycles. The number of rotatable bonds is 14. The van der Waals surface area contributed by atoms with Crippen molar-refractivity contribution in [3.63, 3.8) is 0 Å². The zero-order chi connectivity index (χ0) is 27.6. The molecule has 0 amide bonds. The van der Waals surface area contributed by atoms with Crippen LogP contribution in [0, 0.1) is 6.92 Å². The van der Waals surface area contributed by atoms with E-state index in [0.717, 1.165) is 39.6 Å². The molecule has 0 unspecified atom stereocenters. The van der Waals surface area contributed by atoms with Gasteiger partial charge in [0, 0.05) is 11.1 Å². The SMILES string of the molecule is CCCCCCCCCCc1ccc(C(=O)c2cc(OC)ccc2-c2ccc3cc(OC)ccc3c2C)cc1. The van der Waals surface area contributed by atoms with Crippen molar-refractivity contribution in [2.24, 2.45) is 0 Å². The summed E-state index contributed by atoms with van der Waals surface area (Å²) < 4.78 is 10.9. The number of hydrogen-bond acceptors (Lipinski definition) is 3. The maximum Gasteiger partial charge on any atom is 0.193 e. The van der Waals surface area contributed by atoms with E-state index in [1.807, 2.05) is 42.5 Å². The van der Waals surface area contributed by atoms with E-state index in [1.165, 1.54) is 56.9 Å². The first-order valence-corrected chi connectivity index (χ1v) is 14.4. The lowest BCUT2D eigenvalue weighted by molar-refractivity contribution is 0.103. The molecule has 3 heteroatoms. The zero-order valence-electron chi connectivity index (χ0n) is 24.0. The lowest BCUT2D eigenvalue weighted by Crippen LogP contribution is -2.05. The predicted molar refractivity (Wildman–Crippen MR) is 163 cm³/mol. The van der Waals surface area contributed by atoms with Gasteiger partial charge in [-0.1, -0.05) is 94.3 Å². The molecule has 0 heterocycles. The molecule has 0 spiro atoms. The second-order valence-electron chi connectivity index (χ2n) is 10.5. The van der Waals surface area contributed by atoms with Crippen LogP contribution in [0.2, 0.25) is 0 Å². The first-order valence-electron chi connectivity index (χ1n) is 14.4. The van der Waals surface area contributed by atoms with E-state index in [0.29, 0.717) is 16.9 Å². The van der Waals surface area contributed by atoms with E-state index >= 15 is 0 Å². The molecule has 0 radical (unpaired) electrons. The number of ketones is 1. The normalized spacial score (nSPS) is 11.1. The fourth-order valence-electron chi connectivity index (χ4n) is 5.40. The van der Waals surface area contributed by atoms with Crippen LogP contribution < -0.4 is 9.47 Å². The molecule has 4 rings (SSSR count). The van der Waals surface area contributed by atoms with Crippen LogP contribution in [0.3, 0.4) is 0 Å². The summed E-state index contributed by atoms with van der Waals surface area (Å²) in [6.07, 6.45) is 11.6. The highest BCUT2D eigenvalue weighted by Crippen LogP contribution is 2.35. The Bertz CT molecular complexity index is 1380. The van der Waals surface area contributed by atoms with Crippen LogP contribution in [0.25, 0.3) is 21.9 Å². The maximum atomic E-state index is 13.8. The number of carbonyl (C=O) groups is 1. The molecule has 0 saturated carbocycles. The van der Waals surface area contributed by atoms with Gasteiger partial charge in [0.05, 0.1) is 14.2 Å². The zero-order valence-corrected chi connectivity index (χ0v) is 24.0. The van der Waals surface area contributed by atoms with Gasteiger partial charge in [-0.2, -0.15) is 0 Å². The van der Waals surface area contributed by atoms with Gasteiger partial charge in [-0.25, -0.2) is 0 Å². The Morgan fingerprint density at radius 1 is 0.667 bits per heavy atom. The molecule has 0 atom stereocenters. The van der Waals surface area contributed by atoms with Crippen LogP contribution in [-0.4, -0.2) is 20.0 Å². The summed E-state index contributed by atoms with van der Waals surface area (Å²) in [5.74, 6) is 1.52. The Hall–Kier alpha value is -3.59. The first-order chi connectivity index (χ1) is 19.0. The van der Waals surface area contributed by atoms with Gasteiger partial charge in [0.25, 0.3) is 0 Å². The van der Waals surface area contributed by atoms with Crippen LogP contribution in [0.5, 0.6) is 11.5 Å². The molecular weight excluding hydrogens is 480 g/mol. The highest BCUT2D eigenvalue weighted by Gasteiger charge is 2.18. The molecule has 204 valence electrons. The van der Waals surface area contributed by atoms with Gasteiger partial charge in [-0.3, -0.25) is 4.79 Å². The second-order valence-corrected chi connectivity index (χ2v) is 10.5. The molecule has 3 nitrogen and oxygen atoms in total. The number of unbranched alkanes of at least 4 members (excludes halogenated alkanes) is 7. The Labute approximate surface area is 234 Å². The second kappa shape index (κ2) is 14.0. The minimum Gasteiger partial charge on any atom is -0.497 e. The van der Waals surface area contributed by atoms with E-state index in [9.17, 15) is 4.79 Å². The van der Waals surface area contributed by atoms with Crippen LogP contribution in [0.15, 0.2) is 72.8 Å². The Balaban J connectivity index is 1.51. The summed E-state index contributed by atoms with van der Waals surface area (Å²) >= 11 is 0. The Morgan fingerprint density at radius 3 is 1.97 bits per heavy atom. The predicted octanol–water partition coefficient (Wildman–Crippen LogP) is 9.75. The summed E-state index contributed by atoms with van der Waals surface area (Å²) in [5.41, 5.74) is 5.75. The number of benzene rings is 4. The number of carbonyl (C=O) groups excluding carboxylic acids is 1. The molecule has 0 fully saturated rings. The van der Waals surface area contributed by atoms with Crippen molar-refractivity contribution in [2.45, 2.75) is 71.6 Å². The monoisotopic (exact) mass is 522 g/mol. The van der Waals surface area contributed by atoms with E-state index in [4.69, 9.17) is 9.47 Å².